The van der Waals surface area contributed by atoms with E-state index in [0.717, 1.165) is 31.7 Å². The lowest BCUT2D eigenvalue weighted by molar-refractivity contribution is 0.127. The first-order chi connectivity index (χ1) is 8.24. The summed E-state index contributed by atoms with van der Waals surface area (Å²) in [7, 11) is 1.75. The minimum atomic E-state index is 0.792. The van der Waals surface area contributed by atoms with Gasteiger partial charge in [-0.1, -0.05) is 6.92 Å². The monoisotopic (exact) mass is 242 g/mol. The van der Waals surface area contributed by atoms with Crippen molar-refractivity contribution in [1.82, 2.24) is 10.2 Å². The zero-order valence-corrected chi connectivity index (χ0v) is 11.9. The van der Waals surface area contributed by atoms with Gasteiger partial charge in [-0.05, 0) is 58.2 Å². The van der Waals surface area contributed by atoms with E-state index < -0.39 is 0 Å². The normalized spacial score (nSPS) is 26.3. The van der Waals surface area contributed by atoms with Gasteiger partial charge in [0.05, 0.1) is 6.61 Å². The van der Waals surface area contributed by atoms with Crippen molar-refractivity contribution >= 4 is 0 Å². The molecule has 0 aromatic carbocycles. The van der Waals surface area contributed by atoms with Gasteiger partial charge in [0.1, 0.15) is 0 Å². The van der Waals surface area contributed by atoms with Crippen LogP contribution < -0.4 is 5.32 Å². The fraction of sp³-hybridized carbons (Fsp3) is 1.00. The van der Waals surface area contributed by atoms with E-state index in [-0.39, 0.29) is 0 Å². The Morgan fingerprint density at radius 1 is 1.24 bits per heavy atom. The van der Waals surface area contributed by atoms with Gasteiger partial charge in [-0.3, -0.25) is 0 Å². The molecule has 1 saturated heterocycles. The summed E-state index contributed by atoms with van der Waals surface area (Å²) in [4.78, 5) is 2.66. The fourth-order valence-corrected chi connectivity index (χ4v) is 2.65. The molecule has 0 bridgehead atoms. The van der Waals surface area contributed by atoms with Gasteiger partial charge in [-0.25, -0.2) is 0 Å². The standard InChI is InChI=1S/C14H30N2O/c1-13-6-10-16(14(2)12-13)9-5-4-7-15-8-11-17-3/h13-15H,4-12H2,1-3H3. The molecular formula is C14H30N2O. The predicted molar refractivity (Wildman–Crippen MR) is 73.4 cm³/mol. The Morgan fingerprint density at radius 3 is 2.76 bits per heavy atom. The summed E-state index contributed by atoms with van der Waals surface area (Å²) >= 11 is 0. The number of rotatable bonds is 8. The summed E-state index contributed by atoms with van der Waals surface area (Å²) in [6.45, 7) is 10.3. The number of piperidine rings is 1. The van der Waals surface area contributed by atoms with Gasteiger partial charge in [0.15, 0.2) is 0 Å². The highest BCUT2D eigenvalue weighted by Gasteiger charge is 2.21. The van der Waals surface area contributed by atoms with Crippen molar-refractivity contribution in [2.45, 2.75) is 45.6 Å². The molecule has 0 saturated carbocycles. The maximum absolute atomic E-state index is 5.00. The topological polar surface area (TPSA) is 24.5 Å². The number of nitrogens with zero attached hydrogens (tertiary/aromatic N) is 1. The van der Waals surface area contributed by atoms with Crippen LogP contribution in [-0.4, -0.2) is 50.8 Å². The molecule has 0 radical (unpaired) electrons. The van der Waals surface area contributed by atoms with Gasteiger partial charge >= 0.3 is 0 Å². The minimum Gasteiger partial charge on any atom is -0.383 e. The molecule has 17 heavy (non-hydrogen) atoms. The minimum absolute atomic E-state index is 0.792. The van der Waals surface area contributed by atoms with Crippen LogP contribution in [0.3, 0.4) is 0 Å². The summed E-state index contributed by atoms with van der Waals surface area (Å²) in [5, 5.41) is 3.40. The van der Waals surface area contributed by atoms with Crippen LogP contribution in [0.15, 0.2) is 0 Å². The zero-order valence-electron chi connectivity index (χ0n) is 11.9. The zero-order chi connectivity index (χ0) is 12.5. The molecule has 3 heteroatoms. The van der Waals surface area contributed by atoms with Crippen LogP contribution in [0.1, 0.15) is 39.5 Å². The molecule has 2 unspecified atom stereocenters. The lowest BCUT2D eigenvalue weighted by Crippen LogP contribution is -2.40. The molecule has 0 amide bonds. The number of likely N-dealkylation sites (tertiary alicyclic amines) is 1. The lowest BCUT2D eigenvalue weighted by atomic mass is 9.93. The SMILES string of the molecule is COCCNCCCCN1CCC(C)CC1C. The summed E-state index contributed by atoms with van der Waals surface area (Å²) in [5.74, 6) is 0.928. The summed E-state index contributed by atoms with van der Waals surface area (Å²) in [6, 6.07) is 0.792. The Morgan fingerprint density at radius 2 is 2.06 bits per heavy atom. The van der Waals surface area contributed by atoms with Gasteiger partial charge in [0, 0.05) is 19.7 Å². The van der Waals surface area contributed by atoms with Gasteiger partial charge < -0.3 is 15.0 Å². The van der Waals surface area contributed by atoms with Gasteiger partial charge in [-0.2, -0.15) is 0 Å². The Hall–Kier alpha value is -0.120. The fourth-order valence-electron chi connectivity index (χ4n) is 2.65. The highest BCUT2D eigenvalue weighted by atomic mass is 16.5. The van der Waals surface area contributed by atoms with Crippen molar-refractivity contribution in [3.05, 3.63) is 0 Å². The molecule has 1 heterocycles. The molecule has 0 aliphatic carbocycles. The molecule has 102 valence electrons. The van der Waals surface area contributed by atoms with Crippen molar-refractivity contribution in [3.63, 3.8) is 0 Å². The second-order valence-corrected chi connectivity index (χ2v) is 5.46. The van der Waals surface area contributed by atoms with Crippen molar-refractivity contribution in [3.8, 4) is 0 Å². The quantitative estimate of drug-likeness (QED) is 0.660. The third-order valence-corrected chi connectivity index (χ3v) is 3.81. The van der Waals surface area contributed by atoms with E-state index >= 15 is 0 Å². The maximum atomic E-state index is 5.00. The predicted octanol–water partition coefficient (Wildman–Crippen LogP) is 2.12. The maximum Gasteiger partial charge on any atom is 0.0587 e. The Labute approximate surface area is 107 Å². The van der Waals surface area contributed by atoms with Crippen LogP contribution in [0, 0.1) is 5.92 Å². The van der Waals surface area contributed by atoms with Crippen LogP contribution in [0.5, 0.6) is 0 Å². The lowest BCUT2D eigenvalue weighted by Gasteiger charge is -2.36. The summed E-state index contributed by atoms with van der Waals surface area (Å²) < 4.78 is 5.00. The number of methoxy groups -OCH3 is 1. The van der Waals surface area contributed by atoms with Crippen LogP contribution in [0.2, 0.25) is 0 Å². The van der Waals surface area contributed by atoms with E-state index in [1.807, 2.05) is 0 Å². The first-order valence-electron chi connectivity index (χ1n) is 7.17. The van der Waals surface area contributed by atoms with Crippen molar-refractivity contribution < 1.29 is 4.74 Å². The van der Waals surface area contributed by atoms with Crippen molar-refractivity contribution in [2.24, 2.45) is 5.92 Å². The number of hydrogen-bond donors (Lipinski definition) is 1. The van der Waals surface area contributed by atoms with Crippen LogP contribution in [0.25, 0.3) is 0 Å². The molecule has 1 aliphatic rings. The number of ether oxygens (including phenoxy) is 1. The van der Waals surface area contributed by atoms with E-state index in [0.29, 0.717) is 0 Å². The molecule has 2 atom stereocenters. The third kappa shape index (κ3) is 6.39. The summed E-state index contributed by atoms with van der Waals surface area (Å²) in [5.41, 5.74) is 0. The van der Waals surface area contributed by atoms with Crippen LogP contribution >= 0.6 is 0 Å². The second-order valence-electron chi connectivity index (χ2n) is 5.46. The number of unbranched alkanes of at least 4 members (excludes halogenated alkanes) is 1. The molecule has 1 N–H and O–H groups in total. The third-order valence-electron chi connectivity index (χ3n) is 3.81. The van der Waals surface area contributed by atoms with Gasteiger partial charge in [0.25, 0.3) is 0 Å². The molecule has 0 aromatic rings. The van der Waals surface area contributed by atoms with E-state index in [9.17, 15) is 0 Å². The molecule has 0 aromatic heterocycles. The molecule has 0 spiro atoms. The Balaban J connectivity index is 1.95. The van der Waals surface area contributed by atoms with Crippen molar-refractivity contribution in [1.29, 1.82) is 0 Å². The molecular weight excluding hydrogens is 212 g/mol. The Bertz CT molecular complexity index is 187. The van der Waals surface area contributed by atoms with E-state index in [1.165, 1.54) is 38.8 Å². The average Bonchev–Trinajstić information content (AvgIpc) is 2.30. The van der Waals surface area contributed by atoms with E-state index in [2.05, 4.69) is 24.1 Å². The summed E-state index contributed by atoms with van der Waals surface area (Å²) in [6.07, 6.45) is 5.36. The first kappa shape index (κ1) is 14.9. The smallest absolute Gasteiger partial charge is 0.0587 e. The Kier molecular flexibility index (Phi) is 7.82. The van der Waals surface area contributed by atoms with Gasteiger partial charge in [0.2, 0.25) is 0 Å². The van der Waals surface area contributed by atoms with Crippen LogP contribution in [0.4, 0.5) is 0 Å². The van der Waals surface area contributed by atoms with E-state index in [4.69, 9.17) is 4.74 Å². The van der Waals surface area contributed by atoms with Crippen molar-refractivity contribution in [2.75, 3.05) is 39.9 Å². The molecule has 1 fully saturated rings. The average molecular weight is 242 g/mol. The molecule has 3 nitrogen and oxygen atoms in total. The molecule has 1 rings (SSSR count). The second kappa shape index (κ2) is 8.90. The largest absolute Gasteiger partial charge is 0.383 e. The number of nitrogens with one attached hydrogen (secondary N) is 1. The van der Waals surface area contributed by atoms with Gasteiger partial charge in [-0.15, -0.1) is 0 Å². The molecule has 1 aliphatic heterocycles. The van der Waals surface area contributed by atoms with Crippen LogP contribution in [-0.2, 0) is 4.74 Å². The van der Waals surface area contributed by atoms with E-state index in [1.54, 1.807) is 7.11 Å². The first-order valence-corrected chi connectivity index (χ1v) is 7.17. The number of hydrogen-bond acceptors (Lipinski definition) is 3. The highest BCUT2D eigenvalue weighted by Crippen LogP contribution is 2.22. The highest BCUT2D eigenvalue weighted by molar-refractivity contribution is 4.76.